The molecule has 0 aliphatic carbocycles. The third-order valence-corrected chi connectivity index (χ3v) is 6.75. The molecule has 0 unspecified atom stereocenters. The molecule has 7 nitrogen and oxygen atoms in total. The third-order valence-electron chi connectivity index (χ3n) is 6.75. The molecule has 5 rings (SSSR count). The number of rotatable bonds is 5. The minimum atomic E-state index is -0.568. The van der Waals surface area contributed by atoms with Gasteiger partial charge in [-0.2, -0.15) is 0 Å². The second-order valence-corrected chi connectivity index (χ2v) is 9.69. The van der Waals surface area contributed by atoms with Gasteiger partial charge in [-0.15, -0.1) is 0 Å². The number of aliphatic hydroxyl groups is 1. The van der Waals surface area contributed by atoms with E-state index in [1.165, 1.54) is 21.6 Å². The molecule has 35 heavy (non-hydrogen) atoms. The minimum absolute atomic E-state index is 0.119. The first-order valence-corrected chi connectivity index (χ1v) is 12.0. The molecule has 2 N–H and O–H groups in total. The molecule has 0 bridgehead atoms. The Labute approximate surface area is 205 Å². The summed E-state index contributed by atoms with van der Waals surface area (Å²) < 4.78 is 0. The zero-order valence-electron chi connectivity index (χ0n) is 20.7. The lowest BCUT2D eigenvalue weighted by atomic mass is 9.92. The normalized spacial score (nSPS) is 14.7. The summed E-state index contributed by atoms with van der Waals surface area (Å²) >= 11 is 0. The number of benzene rings is 2. The molecule has 4 aromatic rings. The number of hydrogen-bond donors (Lipinski definition) is 2. The van der Waals surface area contributed by atoms with Gasteiger partial charge in [0.05, 0.1) is 18.0 Å². The lowest BCUT2D eigenvalue weighted by Crippen LogP contribution is -2.32. The third kappa shape index (κ3) is 4.57. The molecular formula is C28H31N5O2. The molecule has 1 amide bonds. The van der Waals surface area contributed by atoms with Crippen molar-refractivity contribution in [2.75, 3.05) is 27.2 Å². The highest BCUT2D eigenvalue weighted by molar-refractivity contribution is 5.96. The van der Waals surface area contributed by atoms with Crippen molar-refractivity contribution in [3.05, 3.63) is 71.0 Å². The summed E-state index contributed by atoms with van der Waals surface area (Å²) in [7, 11) is 3.85. The maximum absolute atomic E-state index is 12.6. The van der Waals surface area contributed by atoms with E-state index in [0.717, 1.165) is 53.1 Å². The van der Waals surface area contributed by atoms with Gasteiger partial charge in [0, 0.05) is 49.6 Å². The predicted molar refractivity (Wildman–Crippen MR) is 138 cm³/mol. The van der Waals surface area contributed by atoms with Crippen LogP contribution in [0.3, 0.4) is 0 Å². The lowest BCUT2D eigenvalue weighted by Gasteiger charge is -2.27. The van der Waals surface area contributed by atoms with Crippen molar-refractivity contribution >= 4 is 17.1 Å². The average molecular weight is 470 g/mol. The van der Waals surface area contributed by atoms with Gasteiger partial charge in [0.1, 0.15) is 5.52 Å². The average Bonchev–Trinajstić information content (AvgIpc) is 3.26. The van der Waals surface area contributed by atoms with Crippen LogP contribution in [0.1, 0.15) is 34.0 Å². The summed E-state index contributed by atoms with van der Waals surface area (Å²) in [6, 6.07) is 12.0. The highest BCUT2D eigenvalue weighted by Crippen LogP contribution is 2.31. The van der Waals surface area contributed by atoms with Gasteiger partial charge in [-0.05, 0) is 73.8 Å². The van der Waals surface area contributed by atoms with E-state index < -0.39 is 6.10 Å². The molecule has 2 aromatic heterocycles. The van der Waals surface area contributed by atoms with Crippen LogP contribution in [0.15, 0.2) is 48.8 Å². The Kier molecular flexibility index (Phi) is 6.13. The number of fused-ring (bicyclic) bond motifs is 2. The fraction of sp³-hybridized carbons (Fsp3) is 0.321. The van der Waals surface area contributed by atoms with Crippen LogP contribution < -0.4 is 0 Å². The first kappa shape index (κ1) is 23.2. The molecule has 0 radical (unpaired) electrons. The molecule has 0 fully saturated rings. The molecule has 0 saturated heterocycles. The number of nitrogens with one attached hydrogen (secondary N) is 1. The van der Waals surface area contributed by atoms with E-state index in [9.17, 15) is 9.90 Å². The van der Waals surface area contributed by atoms with Gasteiger partial charge < -0.3 is 19.9 Å². The fourth-order valence-electron chi connectivity index (χ4n) is 4.95. The van der Waals surface area contributed by atoms with Crippen LogP contribution in [0.5, 0.6) is 0 Å². The number of nitrogens with zero attached hydrogens (tertiary/aromatic N) is 4. The molecule has 1 aliphatic rings. The van der Waals surface area contributed by atoms with Gasteiger partial charge in [-0.25, -0.2) is 9.97 Å². The van der Waals surface area contributed by atoms with E-state index in [1.807, 2.05) is 36.7 Å². The van der Waals surface area contributed by atoms with Gasteiger partial charge in [0.2, 0.25) is 0 Å². The van der Waals surface area contributed by atoms with Crippen molar-refractivity contribution in [3.8, 4) is 22.4 Å². The number of aliphatic hydroxyl groups excluding tert-OH is 1. The Hall–Kier alpha value is -3.55. The molecule has 1 atom stereocenters. The fourth-order valence-corrected chi connectivity index (χ4v) is 4.95. The van der Waals surface area contributed by atoms with Crippen molar-refractivity contribution in [3.63, 3.8) is 0 Å². The molecule has 1 aliphatic heterocycles. The second-order valence-electron chi connectivity index (χ2n) is 9.69. The molecule has 0 spiro atoms. The Morgan fingerprint density at radius 1 is 1.23 bits per heavy atom. The number of aryl methyl sites for hydroxylation is 1. The standard InChI is InChI=1S/C28H31N5O2/c1-17-11-21(12-22-16-32(3)10-9-23(17)22)25-14-30-27-26(31-25)24(13-29-27)19-5-7-20(8-6-19)28(35)33(4)15-18(2)34/h5-8,11-14,18,34H,9-10,15-16H2,1-4H3,(H,29,30)/t18-/m0/s1. The van der Waals surface area contributed by atoms with Gasteiger partial charge in [0.15, 0.2) is 5.65 Å². The summed E-state index contributed by atoms with van der Waals surface area (Å²) in [5, 5.41) is 9.57. The van der Waals surface area contributed by atoms with Crippen LogP contribution in [-0.2, 0) is 13.0 Å². The first-order valence-electron chi connectivity index (χ1n) is 12.0. The zero-order chi connectivity index (χ0) is 24.7. The van der Waals surface area contributed by atoms with Crippen molar-refractivity contribution in [2.24, 2.45) is 0 Å². The van der Waals surface area contributed by atoms with E-state index in [0.29, 0.717) is 12.1 Å². The van der Waals surface area contributed by atoms with Gasteiger partial charge >= 0.3 is 0 Å². The number of aromatic nitrogens is 3. The highest BCUT2D eigenvalue weighted by atomic mass is 16.3. The van der Waals surface area contributed by atoms with Crippen LogP contribution in [0.2, 0.25) is 0 Å². The van der Waals surface area contributed by atoms with Crippen molar-refractivity contribution in [2.45, 2.75) is 32.9 Å². The lowest BCUT2D eigenvalue weighted by molar-refractivity contribution is 0.0703. The summed E-state index contributed by atoms with van der Waals surface area (Å²) in [5.41, 5.74) is 10.1. The summed E-state index contributed by atoms with van der Waals surface area (Å²) in [6.45, 7) is 6.19. The van der Waals surface area contributed by atoms with E-state index in [1.54, 1.807) is 14.0 Å². The van der Waals surface area contributed by atoms with Crippen LogP contribution >= 0.6 is 0 Å². The molecule has 3 heterocycles. The number of amides is 1. The Balaban J connectivity index is 1.47. The Morgan fingerprint density at radius 2 is 2.00 bits per heavy atom. The Bertz CT molecular complexity index is 1390. The predicted octanol–water partition coefficient (Wildman–Crippen LogP) is 4.04. The first-order chi connectivity index (χ1) is 16.8. The van der Waals surface area contributed by atoms with Gasteiger partial charge in [-0.3, -0.25) is 4.79 Å². The van der Waals surface area contributed by atoms with E-state index in [4.69, 9.17) is 4.98 Å². The van der Waals surface area contributed by atoms with Crippen molar-refractivity contribution in [1.82, 2.24) is 24.8 Å². The Morgan fingerprint density at radius 3 is 2.74 bits per heavy atom. The SMILES string of the molecule is Cc1cc(-c2cnc3[nH]cc(-c4ccc(C(=O)N(C)C[C@H](C)O)cc4)c3n2)cc2c1CCN(C)C2. The number of aromatic amines is 1. The van der Waals surface area contributed by atoms with Crippen LogP contribution in [0, 0.1) is 6.92 Å². The molecule has 7 heteroatoms. The monoisotopic (exact) mass is 469 g/mol. The molecule has 180 valence electrons. The number of likely N-dealkylation sites (N-methyl/N-ethyl adjacent to an activating group) is 2. The summed E-state index contributed by atoms with van der Waals surface area (Å²) in [5.74, 6) is -0.119. The number of carbonyl (C=O) groups is 1. The molecule has 2 aromatic carbocycles. The van der Waals surface area contributed by atoms with Gasteiger partial charge in [-0.1, -0.05) is 12.1 Å². The van der Waals surface area contributed by atoms with E-state index in [2.05, 4.69) is 41.0 Å². The molecule has 0 saturated carbocycles. The number of carbonyl (C=O) groups excluding carboxylic acids is 1. The van der Waals surface area contributed by atoms with Gasteiger partial charge in [0.25, 0.3) is 5.91 Å². The van der Waals surface area contributed by atoms with Crippen LogP contribution in [0.4, 0.5) is 0 Å². The number of hydrogen-bond acceptors (Lipinski definition) is 5. The van der Waals surface area contributed by atoms with Crippen LogP contribution in [0.25, 0.3) is 33.5 Å². The second kappa shape index (κ2) is 9.24. The van der Waals surface area contributed by atoms with Crippen LogP contribution in [-0.4, -0.2) is 69.1 Å². The van der Waals surface area contributed by atoms with E-state index in [-0.39, 0.29) is 5.91 Å². The maximum atomic E-state index is 12.6. The molecular weight excluding hydrogens is 438 g/mol. The summed E-state index contributed by atoms with van der Waals surface area (Å²) in [6.07, 6.45) is 4.26. The quantitative estimate of drug-likeness (QED) is 0.461. The largest absolute Gasteiger partial charge is 0.392 e. The topological polar surface area (TPSA) is 85.3 Å². The summed E-state index contributed by atoms with van der Waals surface area (Å²) in [4.78, 5) is 29.4. The maximum Gasteiger partial charge on any atom is 0.253 e. The smallest absolute Gasteiger partial charge is 0.253 e. The number of H-pyrrole nitrogens is 1. The minimum Gasteiger partial charge on any atom is -0.392 e. The zero-order valence-corrected chi connectivity index (χ0v) is 20.7. The van der Waals surface area contributed by atoms with Crippen molar-refractivity contribution in [1.29, 1.82) is 0 Å². The van der Waals surface area contributed by atoms with E-state index >= 15 is 0 Å². The highest BCUT2D eigenvalue weighted by Gasteiger charge is 2.18. The van der Waals surface area contributed by atoms with Crippen molar-refractivity contribution < 1.29 is 9.90 Å².